The fraction of sp³-hybridized carbons (Fsp3) is 0.231. The lowest BCUT2D eigenvalue weighted by Crippen LogP contribution is -3.00. The monoisotopic (exact) mass is 513 g/mol. The van der Waals surface area contributed by atoms with Gasteiger partial charge in [0.15, 0.2) is 0 Å². The molecule has 0 aliphatic heterocycles. The van der Waals surface area contributed by atoms with Gasteiger partial charge in [0.05, 0.1) is 0 Å². The van der Waals surface area contributed by atoms with Crippen LogP contribution in [-0.2, 0) is 14.4 Å². The molecule has 32 heavy (non-hydrogen) atoms. The zero-order valence-corrected chi connectivity index (χ0v) is 21.3. The van der Waals surface area contributed by atoms with Crippen LogP contribution in [0, 0.1) is 0 Å². The molecule has 6 heteroatoms. The minimum Gasteiger partial charge on any atom is -1.00 e. The first kappa shape index (κ1) is 25.8. The first-order chi connectivity index (χ1) is 14.9. The molecule has 0 spiro atoms. The van der Waals surface area contributed by atoms with E-state index in [1.54, 1.807) is 0 Å². The van der Waals surface area contributed by atoms with Crippen molar-refractivity contribution in [2.45, 2.75) is 26.4 Å². The second kappa shape index (κ2) is 11.4. The van der Waals surface area contributed by atoms with E-state index in [-0.39, 0.29) is 22.7 Å². The molecule has 0 unspecified atom stereocenters. The van der Waals surface area contributed by atoms with Gasteiger partial charge in [0.25, 0.3) is 0 Å². The molecular weight excluding hydrogens is 485 g/mol. The minimum absolute atomic E-state index is 0. The van der Waals surface area contributed by atoms with E-state index in [9.17, 15) is 4.79 Å². The molecule has 3 rings (SSSR count). The number of hydrogen-bond donors (Lipinski definition) is 0. The van der Waals surface area contributed by atoms with E-state index in [1.807, 2.05) is 75.4 Å². The fourth-order valence-corrected chi connectivity index (χ4v) is 7.69. The molecule has 0 amide bonds. The van der Waals surface area contributed by atoms with Crippen molar-refractivity contribution >= 4 is 34.9 Å². The van der Waals surface area contributed by atoms with Gasteiger partial charge in [-0.2, -0.15) is 0 Å². The molecule has 0 bridgehead atoms. The summed E-state index contributed by atoms with van der Waals surface area (Å²) in [5.74, 6) is -0.457. The lowest BCUT2D eigenvalue weighted by molar-refractivity contribution is -0.146. The summed E-state index contributed by atoms with van der Waals surface area (Å²) >= 11 is 0. The second-order valence-corrected chi connectivity index (χ2v) is 11.7. The molecule has 0 atom stereocenters. The van der Waals surface area contributed by atoms with Crippen molar-refractivity contribution in [3.63, 3.8) is 0 Å². The molecule has 0 radical (unpaired) electrons. The number of hydrogen-bond acceptors (Lipinski definition) is 4. The molecule has 0 saturated heterocycles. The van der Waals surface area contributed by atoms with Gasteiger partial charge < -0.3 is 26.6 Å². The highest BCUT2D eigenvalue weighted by Crippen LogP contribution is 2.55. The number of esters is 1. The summed E-state index contributed by atoms with van der Waals surface area (Å²) in [7, 11) is -0.814. The van der Waals surface area contributed by atoms with Crippen LogP contribution >= 0.6 is 7.26 Å². The molecule has 4 nitrogen and oxygen atoms in total. The molecule has 3 aromatic rings. The third kappa shape index (κ3) is 6.05. The Morgan fingerprint density at radius 2 is 1.16 bits per heavy atom. The average Bonchev–Trinajstić information content (AvgIpc) is 2.77. The molecule has 0 N–H and O–H groups in total. The molecule has 0 heterocycles. The van der Waals surface area contributed by atoms with Crippen LogP contribution in [-0.4, -0.2) is 30.6 Å². The molecule has 168 valence electrons. The van der Waals surface area contributed by atoms with Gasteiger partial charge in [0.2, 0.25) is 5.71 Å². The van der Waals surface area contributed by atoms with Gasteiger partial charge in [0.1, 0.15) is 42.0 Å². The number of halogens is 1. The van der Waals surface area contributed by atoms with Crippen LogP contribution in [0.5, 0.6) is 0 Å². The van der Waals surface area contributed by atoms with E-state index < -0.39 is 18.8 Å². The summed E-state index contributed by atoms with van der Waals surface area (Å²) < 4.78 is 5.67. The summed E-state index contributed by atoms with van der Waals surface area (Å²) in [6, 6.07) is 31.0. The van der Waals surface area contributed by atoms with Crippen molar-refractivity contribution in [2.24, 2.45) is 5.16 Å². The van der Waals surface area contributed by atoms with Crippen LogP contribution in [0.15, 0.2) is 96.2 Å². The summed E-state index contributed by atoms with van der Waals surface area (Å²) in [6.07, 6.45) is 0.397. The van der Waals surface area contributed by atoms with Gasteiger partial charge >= 0.3 is 5.97 Å². The summed E-state index contributed by atoms with van der Waals surface area (Å²) in [5, 5.41) is 7.64. The number of ether oxygens (including phenoxy) is 1. The standard InChI is InChI=1S/C26H29NO3P.BrH/c1-26(2,3)30-25(28)24(27-29-4)20-31(21-14-8-5-9-15-21,22-16-10-6-11-17-22)23-18-12-7-13-19-23;/h5-19H,20H2,1-4H3;1H/q+1;/p-1/b27-24-;. The number of nitrogens with zero attached hydrogens (tertiary/aromatic N) is 1. The maximum Gasteiger partial charge on any atom is 0.360 e. The third-order valence-electron chi connectivity index (χ3n) is 4.81. The SMILES string of the molecule is CO/N=C(/C[P+](c1ccccc1)(c1ccccc1)c1ccccc1)C(=O)OC(C)(C)C.[Br-]. The van der Waals surface area contributed by atoms with E-state index >= 15 is 0 Å². The maximum atomic E-state index is 13.1. The lowest BCUT2D eigenvalue weighted by atomic mass is 10.2. The van der Waals surface area contributed by atoms with Gasteiger partial charge in [-0.25, -0.2) is 4.79 Å². The van der Waals surface area contributed by atoms with E-state index in [0.717, 1.165) is 0 Å². The quantitative estimate of drug-likeness (QED) is 0.207. The van der Waals surface area contributed by atoms with Gasteiger partial charge in [-0.05, 0) is 57.2 Å². The largest absolute Gasteiger partial charge is 1.00 e. The van der Waals surface area contributed by atoms with Gasteiger partial charge in [0, 0.05) is 0 Å². The zero-order valence-electron chi connectivity index (χ0n) is 18.9. The Bertz CT molecular complexity index is 923. The number of carbonyl (C=O) groups is 1. The Balaban J connectivity index is 0.00000363. The van der Waals surface area contributed by atoms with Gasteiger partial charge in [-0.15, -0.1) is 0 Å². The predicted molar refractivity (Wildman–Crippen MR) is 130 cm³/mol. The molecule has 0 saturated carbocycles. The fourth-order valence-electron chi connectivity index (χ4n) is 3.57. The number of carbonyl (C=O) groups excluding carboxylic acids is 1. The highest BCUT2D eigenvalue weighted by Gasteiger charge is 2.48. The van der Waals surface area contributed by atoms with Gasteiger partial charge in [-0.3, -0.25) is 0 Å². The van der Waals surface area contributed by atoms with Crippen LogP contribution < -0.4 is 32.9 Å². The van der Waals surface area contributed by atoms with E-state index in [4.69, 9.17) is 9.57 Å². The molecule has 0 aromatic heterocycles. The zero-order chi connectivity index (χ0) is 22.3. The molecule has 0 aliphatic rings. The average molecular weight is 514 g/mol. The van der Waals surface area contributed by atoms with Crippen molar-refractivity contribution in [3.8, 4) is 0 Å². The van der Waals surface area contributed by atoms with Crippen LogP contribution in [0.1, 0.15) is 20.8 Å². The van der Waals surface area contributed by atoms with E-state index in [1.165, 1.54) is 23.0 Å². The van der Waals surface area contributed by atoms with E-state index in [2.05, 4.69) is 41.6 Å². The molecule has 0 aliphatic carbocycles. The maximum absolute atomic E-state index is 13.1. The number of oxime groups is 1. The second-order valence-electron chi connectivity index (χ2n) is 8.20. The van der Waals surface area contributed by atoms with Crippen molar-refractivity contribution < 1.29 is 31.4 Å². The Labute approximate surface area is 201 Å². The van der Waals surface area contributed by atoms with Crippen molar-refractivity contribution in [1.82, 2.24) is 0 Å². The van der Waals surface area contributed by atoms with Crippen LogP contribution in [0.2, 0.25) is 0 Å². The Morgan fingerprint density at radius 3 is 1.47 bits per heavy atom. The Kier molecular flexibility index (Phi) is 9.18. The Hall–Kier alpha value is -2.49. The van der Waals surface area contributed by atoms with Crippen molar-refractivity contribution in [3.05, 3.63) is 91.0 Å². The molecule has 0 fully saturated rings. The summed E-state index contributed by atoms with van der Waals surface area (Å²) in [4.78, 5) is 18.2. The minimum atomic E-state index is -2.27. The summed E-state index contributed by atoms with van der Waals surface area (Å²) in [5.41, 5.74) is -0.346. The molecular formula is C26H29BrNO3P. The first-order valence-corrected chi connectivity index (χ1v) is 12.2. The first-order valence-electron chi connectivity index (χ1n) is 10.2. The summed E-state index contributed by atoms with van der Waals surface area (Å²) in [6.45, 7) is 5.55. The molecule has 3 aromatic carbocycles. The van der Waals surface area contributed by atoms with E-state index in [0.29, 0.717) is 6.16 Å². The highest BCUT2D eigenvalue weighted by molar-refractivity contribution is 7.96. The normalized spacial score (nSPS) is 11.9. The van der Waals surface area contributed by atoms with Crippen molar-refractivity contribution in [1.29, 1.82) is 0 Å². The van der Waals surface area contributed by atoms with Gasteiger partial charge in [-0.1, -0.05) is 59.8 Å². The number of benzene rings is 3. The van der Waals surface area contributed by atoms with Crippen LogP contribution in [0.25, 0.3) is 0 Å². The smallest absolute Gasteiger partial charge is 0.360 e. The highest BCUT2D eigenvalue weighted by atomic mass is 79.9. The predicted octanol–water partition coefficient (Wildman–Crippen LogP) is 1.33. The lowest BCUT2D eigenvalue weighted by Gasteiger charge is -2.28. The third-order valence-corrected chi connectivity index (χ3v) is 9.13. The number of rotatable bonds is 7. The van der Waals surface area contributed by atoms with Crippen LogP contribution in [0.3, 0.4) is 0 Å². The van der Waals surface area contributed by atoms with Crippen LogP contribution in [0.4, 0.5) is 0 Å². The van der Waals surface area contributed by atoms with Crippen molar-refractivity contribution in [2.75, 3.05) is 13.3 Å². The topological polar surface area (TPSA) is 47.9 Å². The Morgan fingerprint density at radius 1 is 0.781 bits per heavy atom.